The monoisotopic (exact) mass is 200 g/mol. The number of rotatable bonds is 2. The van der Waals surface area contributed by atoms with Gasteiger partial charge < -0.3 is 11.5 Å². The first kappa shape index (κ1) is 9.34. The van der Waals surface area contributed by atoms with Gasteiger partial charge >= 0.3 is 0 Å². The van der Waals surface area contributed by atoms with Crippen molar-refractivity contribution in [1.29, 1.82) is 0 Å². The highest BCUT2D eigenvalue weighted by Crippen LogP contribution is 2.47. The van der Waals surface area contributed by atoms with E-state index >= 15 is 0 Å². The molecule has 0 saturated carbocycles. The van der Waals surface area contributed by atoms with E-state index in [0.717, 1.165) is 12.8 Å². The SMILES string of the molecule is NC(=O)CC1(N)CC2CCC(C1)S2. The first-order valence-electron chi connectivity index (χ1n) is 4.80. The van der Waals surface area contributed by atoms with Gasteiger partial charge in [0.05, 0.1) is 0 Å². The van der Waals surface area contributed by atoms with Crippen molar-refractivity contribution in [2.75, 3.05) is 0 Å². The van der Waals surface area contributed by atoms with E-state index in [1.807, 2.05) is 11.8 Å². The lowest BCUT2D eigenvalue weighted by molar-refractivity contribution is -0.119. The summed E-state index contributed by atoms with van der Waals surface area (Å²) in [6.07, 6.45) is 4.84. The van der Waals surface area contributed by atoms with Crippen molar-refractivity contribution in [2.24, 2.45) is 11.5 Å². The van der Waals surface area contributed by atoms with Gasteiger partial charge in [0.15, 0.2) is 0 Å². The Hall–Kier alpha value is -0.220. The van der Waals surface area contributed by atoms with Crippen molar-refractivity contribution in [3.8, 4) is 0 Å². The van der Waals surface area contributed by atoms with Crippen LogP contribution in [0.15, 0.2) is 0 Å². The number of nitrogens with two attached hydrogens (primary N) is 2. The number of primary amides is 1. The maximum atomic E-state index is 10.8. The fraction of sp³-hybridized carbons (Fsp3) is 0.889. The summed E-state index contributed by atoms with van der Waals surface area (Å²) in [5.74, 6) is -0.256. The second-order valence-electron chi connectivity index (χ2n) is 4.37. The van der Waals surface area contributed by atoms with Crippen molar-refractivity contribution in [3.63, 3.8) is 0 Å². The highest BCUT2D eigenvalue weighted by Gasteiger charge is 2.42. The quantitative estimate of drug-likeness (QED) is 0.686. The molecule has 0 radical (unpaired) electrons. The first-order valence-corrected chi connectivity index (χ1v) is 5.74. The van der Waals surface area contributed by atoms with Gasteiger partial charge in [0.2, 0.25) is 5.91 Å². The number of hydrogen-bond acceptors (Lipinski definition) is 3. The van der Waals surface area contributed by atoms with Crippen LogP contribution in [-0.4, -0.2) is 21.9 Å². The van der Waals surface area contributed by atoms with Crippen LogP contribution in [0.4, 0.5) is 0 Å². The van der Waals surface area contributed by atoms with Crippen LogP contribution in [0.2, 0.25) is 0 Å². The average Bonchev–Trinajstić information content (AvgIpc) is 2.27. The molecule has 2 aliphatic heterocycles. The van der Waals surface area contributed by atoms with Gasteiger partial charge in [0.25, 0.3) is 0 Å². The lowest BCUT2D eigenvalue weighted by Gasteiger charge is -2.36. The molecule has 2 heterocycles. The van der Waals surface area contributed by atoms with Crippen LogP contribution < -0.4 is 11.5 Å². The fourth-order valence-electron chi connectivity index (χ4n) is 2.56. The molecule has 2 saturated heterocycles. The molecule has 2 aliphatic rings. The van der Waals surface area contributed by atoms with Gasteiger partial charge in [0, 0.05) is 22.5 Å². The van der Waals surface area contributed by atoms with Crippen molar-refractivity contribution < 1.29 is 4.79 Å². The molecule has 74 valence electrons. The summed E-state index contributed by atoms with van der Waals surface area (Å²) >= 11 is 2.05. The van der Waals surface area contributed by atoms with Gasteiger partial charge in [-0.25, -0.2) is 0 Å². The molecule has 2 bridgehead atoms. The Bertz CT molecular complexity index is 220. The van der Waals surface area contributed by atoms with E-state index in [1.165, 1.54) is 12.8 Å². The van der Waals surface area contributed by atoms with E-state index in [2.05, 4.69) is 0 Å². The molecule has 0 aliphatic carbocycles. The molecule has 0 aromatic rings. The fourth-order valence-corrected chi connectivity index (χ4v) is 4.51. The first-order chi connectivity index (χ1) is 6.07. The molecule has 2 rings (SSSR count). The number of thioether (sulfide) groups is 1. The molecule has 4 N–H and O–H groups in total. The summed E-state index contributed by atoms with van der Waals surface area (Å²) in [6, 6.07) is 0. The van der Waals surface area contributed by atoms with E-state index in [4.69, 9.17) is 11.5 Å². The average molecular weight is 200 g/mol. The molecule has 3 nitrogen and oxygen atoms in total. The Morgan fingerprint density at radius 2 is 1.92 bits per heavy atom. The second kappa shape index (κ2) is 3.17. The molecule has 4 heteroatoms. The zero-order chi connectivity index (χ0) is 9.47. The lowest BCUT2D eigenvalue weighted by atomic mass is 9.87. The summed E-state index contributed by atoms with van der Waals surface area (Å²) in [7, 11) is 0. The van der Waals surface area contributed by atoms with Crippen molar-refractivity contribution in [2.45, 2.75) is 48.1 Å². The van der Waals surface area contributed by atoms with Gasteiger partial charge in [0.1, 0.15) is 0 Å². The van der Waals surface area contributed by atoms with Gasteiger partial charge in [-0.1, -0.05) is 0 Å². The van der Waals surface area contributed by atoms with Crippen LogP contribution in [0.25, 0.3) is 0 Å². The van der Waals surface area contributed by atoms with Gasteiger partial charge in [-0.3, -0.25) is 4.79 Å². The maximum absolute atomic E-state index is 10.8. The Kier molecular flexibility index (Phi) is 2.28. The number of amides is 1. The molecule has 0 spiro atoms. The second-order valence-corrected chi connectivity index (χ2v) is 5.98. The van der Waals surface area contributed by atoms with Crippen LogP contribution in [0.3, 0.4) is 0 Å². The highest BCUT2D eigenvalue weighted by molar-refractivity contribution is 8.00. The van der Waals surface area contributed by atoms with Crippen LogP contribution in [0.5, 0.6) is 0 Å². The molecule has 0 aromatic carbocycles. The molecular weight excluding hydrogens is 184 g/mol. The molecule has 2 atom stereocenters. The van der Waals surface area contributed by atoms with E-state index < -0.39 is 0 Å². The maximum Gasteiger partial charge on any atom is 0.219 e. The molecule has 13 heavy (non-hydrogen) atoms. The van der Waals surface area contributed by atoms with Crippen molar-refractivity contribution in [3.05, 3.63) is 0 Å². The van der Waals surface area contributed by atoms with Crippen molar-refractivity contribution in [1.82, 2.24) is 0 Å². The smallest absolute Gasteiger partial charge is 0.219 e. The van der Waals surface area contributed by atoms with Crippen LogP contribution in [0, 0.1) is 0 Å². The van der Waals surface area contributed by atoms with Gasteiger partial charge in [-0.2, -0.15) is 11.8 Å². The Balaban J connectivity index is 2.03. The Morgan fingerprint density at radius 1 is 1.38 bits per heavy atom. The Morgan fingerprint density at radius 3 is 2.38 bits per heavy atom. The third-order valence-corrected chi connectivity index (χ3v) is 4.56. The predicted molar refractivity (Wildman–Crippen MR) is 54.4 cm³/mol. The third-order valence-electron chi connectivity index (χ3n) is 2.99. The number of carbonyl (C=O) groups is 1. The van der Waals surface area contributed by atoms with Crippen LogP contribution in [0.1, 0.15) is 32.1 Å². The molecule has 1 amide bonds. The minimum absolute atomic E-state index is 0.256. The molecule has 0 aromatic heterocycles. The molecular formula is C9H16N2OS. The number of hydrogen-bond donors (Lipinski definition) is 2. The lowest BCUT2D eigenvalue weighted by Crippen LogP contribution is -2.48. The number of carbonyl (C=O) groups excluding carboxylic acids is 1. The Labute approximate surface area is 82.6 Å². The van der Waals surface area contributed by atoms with Crippen molar-refractivity contribution >= 4 is 17.7 Å². The minimum Gasteiger partial charge on any atom is -0.370 e. The summed E-state index contributed by atoms with van der Waals surface area (Å²) in [5, 5.41) is 1.37. The van der Waals surface area contributed by atoms with E-state index in [-0.39, 0.29) is 11.4 Å². The minimum atomic E-state index is -0.289. The largest absolute Gasteiger partial charge is 0.370 e. The standard InChI is InChI=1S/C9H16N2OS/c10-8(12)5-9(11)3-6-1-2-7(4-9)13-6/h6-7H,1-5,11H2,(H2,10,12). The predicted octanol–water partition coefficient (Wildman–Crippen LogP) is 0.617. The summed E-state index contributed by atoms with van der Waals surface area (Å²) in [4.78, 5) is 10.8. The van der Waals surface area contributed by atoms with Crippen LogP contribution >= 0.6 is 11.8 Å². The van der Waals surface area contributed by atoms with Gasteiger partial charge in [-0.15, -0.1) is 0 Å². The zero-order valence-electron chi connectivity index (χ0n) is 7.66. The van der Waals surface area contributed by atoms with Crippen LogP contribution in [-0.2, 0) is 4.79 Å². The zero-order valence-corrected chi connectivity index (χ0v) is 8.48. The number of fused-ring (bicyclic) bond motifs is 2. The van der Waals surface area contributed by atoms with E-state index in [9.17, 15) is 4.79 Å². The normalized spacial score (nSPS) is 43.5. The van der Waals surface area contributed by atoms with E-state index in [1.54, 1.807) is 0 Å². The molecule has 2 unspecified atom stereocenters. The summed E-state index contributed by atoms with van der Waals surface area (Å²) in [6.45, 7) is 0. The summed E-state index contributed by atoms with van der Waals surface area (Å²) < 4.78 is 0. The van der Waals surface area contributed by atoms with E-state index in [0.29, 0.717) is 16.9 Å². The molecule has 2 fully saturated rings. The van der Waals surface area contributed by atoms with Gasteiger partial charge in [-0.05, 0) is 25.7 Å². The summed E-state index contributed by atoms with van der Waals surface area (Å²) in [5.41, 5.74) is 11.1. The third kappa shape index (κ3) is 1.99. The topological polar surface area (TPSA) is 69.1 Å². The highest BCUT2D eigenvalue weighted by atomic mass is 32.2.